The van der Waals surface area contributed by atoms with Crippen molar-refractivity contribution < 1.29 is 5.11 Å². The van der Waals surface area contributed by atoms with E-state index >= 15 is 0 Å². The van der Waals surface area contributed by atoms with Crippen molar-refractivity contribution in [2.45, 2.75) is 32.9 Å². The number of hydrogen-bond acceptors (Lipinski definition) is 5. The number of nitrogens with zero attached hydrogens (tertiary/aromatic N) is 2. The van der Waals surface area contributed by atoms with E-state index in [0.29, 0.717) is 19.0 Å². The molecule has 2 N–H and O–H groups in total. The SMILES string of the molecule is CC(C)CC(O)CNCc1csc(-c2ccccn2)n1. The van der Waals surface area contributed by atoms with E-state index in [1.165, 1.54) is 0 Å². The minimum atomic E-state index is -0.288. The summed E-state index contributed by atoms with van der Waals surface area (Å²) in [7, 11) is 0. The molecule has 5 heteroatoms. The van der Waals surface area contributed by atoms with Crippen LogP contribution in [0.15, 0.2) is 29.8 Å². The van der Waals surface area contributed by atoms with Crippen molar-refractivity contribution in [3.05, 3.63) is 35.5 Å². The molecule has 0 aliphatic heterocycles. The van der Waals surface area contributed by atoms with Gasteiger partial charge in [-0.25, -0.2) is 4.98 Å². The lowest BCUT2D eigenvalue weighted by Crippen LogP contribution is -2.27. The van der Waals surface area contributed by atoms with Gasteiger partial charge in [-0.15, -0.1) is 11.3 Å². The van der Waals surface area contributed by atoms with Gasteiger partial charge >= 0.3 is 0 Å². The van der Waals surface area contributed by atoms with Crippen LogP contribution in [0.4, 0.5) is 0 Å². The minimum absolute atomic E-state index is 0.288. The standard InChI is InChI=1S/C15H21N3OS/c1-11(2)7-13(19)9-16-8-12-10-20-15(18-12)14-5-3-4-6-17-14/h3-6,10-11,13,16,19H,7-9H2,1-2H3. The van der Waals surface area contributed by atoms with Crippen molar-refractivity contribution >= 4 is 11.3 Å². The van der Waals surface area contributed by atoms with Crippen LogP contribution in [0.2, 0.25) is 0 Å². The fourth-order valence-electron chi connectivity index (χ4n) is 1.99. The Bertz CT molecular complexity index is 513. The predicted octanol–water partition coefficient (Wildman–Crippen LogP) is 2.70. The molecule has 4 nitrogen and oxygen atoms in total. The monoisotopic (exact) mass is 291 g/mol. The molecule has 0 saturated heterocycles. The van der Waals surface area contributed by atoms with Gasteiger partial charge < -0.3 is 10.4 Å². The Morgan fingerprint density at radius 2 is 2.20 bits per heavy atom. The molecule has 2 aromatic heterocycles. The first-order valence-electron chi connectivity index (χ1n) is 6.89. The van der Waals surface area contributed by atoms with E-state index in [4.69, 9.17) is 0 Å². The normalized spacial score (nSPS) is 12.8. The van der Waals surface area contributed by atoms with Gasteiger partial charge in [-0.2, -0.15) is 0 Å². The van der Waals surface area contributed by atoms with Crippen molar-refractivity contribution in [3.8, 4) is 10.7 Å². The van der Waals surface area contributed by atoms with Gasteiger partial charge in [0.1, 0.15) is 5.01 Å². The molecular weight excluding hydrogens is 270 g/mol. The van der Waals surface area contributed by atoms with E-state index in [0.717, 1.165) is 22.8 Å². The molecular formula is C15H21N3OS. The van der Waals surface area contributed by atoms with E-state index < -0.39 is 0 Å². The van der Waals surface area contributed by atoms with Gasteiger partial charge in [0.2, 0.25) is 0 Å². The summed E-state index contributed by atoms with van der Waals surface area (Å²) in [6.07, 6.45) is 2.31. The van der Waals surface area contributed by atoms with Gasteiger partial charge in [0.15, 0.2) is 0 Å². The van der Waals surface area contributed by atoms with Gasteiger partial charge in [-0.05, 0) is 24.5 Å². The average molecular weight is 291 g/mol. The molecule has 108 valence electrons. The maximum atomic E-state index is 9.79. The van der Waals surface area contributed by atoms with Crippen molar-refractivity contribution in [1.82, 2.24) is 15.3 Å². The highest BCUT2D eigenvalue weighted by Gasteiger charge is 2.08. The number of aliphatic hydroxyl groups is 1. The molecule has 0 saturated carbocycles. The second-order valence-electron chi connectivity index (χ2n) is 5.27. The Morgan fingerprint density at radius 3 is 2.90 bits per heavy atom. The van der Waals surface area contributed by atoms with Crippen molar-refractivity contribution in [1.29, 1.82) is 0 Å². The molecule has 1 atom stereocenters. The maximum absolute atomic E-state index is 9.79. The van der Waals surface area contributed by atoms with Crippen LogP contribution >= 0.6 is 11.3 Å². The third-order valence-electron chi connectivity index (χ3n) is 2.87. The Morgan fingerprint density at radius 1 is 1.35 bits per heavy atom. The van der Waals surface area contributed by atoms with Crippen LogP contribution in [0.1, 0.15) is 26.0 Å². The highest BCUT2D eigenvalue weighted by atomic mass is 32.1. The summed E-state index contributed by atoms with van der Waals surface area (Å²) in [4.78, 5) is 8.84. The number of pyridine rings is 1. The lowest BCUT2D eigenvalue weighted by Gasteiger charge is -2.13. The largest absolute Gasteiger partial charge is 0.392 e. The molecule has 2 aromatic rings. The van der Waals surface area contributed by atoms with Gasteiger partial charge in [-0.3, -0.25) is 4.98 Å². The second kappa shape index (κ2) is 7.47. The molecule has 0 amide bonds. The summed E-state index contributed by atoms with van der Waals surface area (Å²) in [5.74, 6) is 0.516. The zero-order valence-corrected chi connectivity index (χ0v) is 12.7. The fourth-order valence-corrected chi connectivity index (χ4v) is 2.78. The number of aliphatic hydroxyl groups excluding tert-OH is 1. The first-order valence-corrected chi connectivity index (χ1v) is 7.77. The molecule has 2 rings (SSSR count). The molecule has 0 fully saturated rings. The summed E-state index contributed by atoms with van der Waals surface area (Å²) in [6.45, 7) is 5.51. The third kappa shape index (κ3) is 4.67. The van der Waals surface area contributed by atoms with Gasteiger partial charge in [-0.1, -0.05) is 19.9 Å². The molecule has 0 aliphatic carbocycles. The zero-order valence-electron chi connectivity index (χ0n) is 11.9. The molecule has 2 heterocycles. The molecule has 20 heavy (non-hydrogen) atoms. The summed E-state index contributed by atoms with van der Waals surface area (Å²) in [6, 6.07) is 5.82. The molecule has 0 radical (unpaired) electrons. The number of hydrogen-bond donors (Lipinski definition) is 2. The number of rotatable bonds is 7. The highest BCUT2D eigenvalue weighted by Crippen LogP contribution is 2.21. The number of nitrogens with one attached hydrogen (secondary N) is 1. The smallest absolute Gasteiger partial charge is 0.142 e. The first kappa shape index (κ1) is 15.1. The maximum Gasteiger partial charge on any atom is 0.142 e. The van der Waals surface area contributed by atoms with Crippen LogP contribution in [-0.2, 0) is 6.54 Å². The van der Waals surface area contributed by atoms with Crippen LogP contribution in [0.5, 0.6) is 0 Å². The quantitative estimate of drug-likeness (QED) is 0.823. The molecule has 0 aliphatic rings. The number of aromatic nitrogens is 2. The van der Waals surface area contributed by atoms with E-state index in [1.807, 2.05) is 23.6 Å². The van der Waals surface area contributed by atoms with Crippen molar-refractivity contribution in [3.63, 3.8) is 0 Å². The van der Waals surface area contributed by atoms with Gasteiger partial charge in [0.05, 0.1) is 17.5 Å². The fraction of sp³-hybridized carbons (Fsp3) is 0.467. The van der Waals surface area contributed by atoms with Gasteiger partial charge in [0, 0.05) is 24.7 Å². The second-order valence-corrected chi connectivity index (χ2v) is 6.13. The molecule has 0 spiro atoms. The molecule has 0 aromatic carbocycles. The van der Waals surface area contributed by atoms with E-state index in [2.05, 4.69) is 29.1 Å². The first-order chi connectivity index (χ1) is 9.65. The Labute approximate surface area is 123 Å². The Balaban J connectivity index is 1.82. The van der Waals surface area contributed by atoms with E-state index in [-0.39, 0.29) is 6.10 Å². The Kier molecular flexibility index (Phi) is 5.64. The zero-order chi connectivity index (χ0) is 14.4. The molecule has 0 bridgehead atoms. The summed E-state index contributed by atoms with van der Waals surface area (Å²) >= 11 is 1.60. The van der Waals surface area contributed by atoms with Crippen molar-refractivity contribution in [2.75, 3.05) is 6.54 Å². The minimum Gasteiger partial charge on any atom is -0.392 e. The lowest BCUT2D eigenvalue weighted by atomic mass is 10.1. The van der Waals surface area contributed by atoms with Crippen molar-refractivity contribution in [2.24, 2.45) is 5.92 Å². The molecule has 1 unspecified atom stereocenters. The van der Waals surface area contributed by atoms with E-state index in [1.54, 1.807) is 17.5 Å². The van der Waals surface area contributed by atoms with Gasteiger partial charge in [0.25, 0.3) is 0 Å². The summed E-state index contributed by atoms with van der Waals surface area (Å²) in [5.41, 5.74) is 1.90. The predicted molar refractivity (Wildman–Crippen MR) is 82.5 cm³/mol. The van der Waals surface area contributed by atoms with Crippen LogP contribution in [-0.4, -0.2) is 27.7 Å². The lowest BCUT2D eigenvalue weighted by molar-refractivity contribution is 0.146. The summed E-state index contributed by atoms with van der Waals surface area (Å²) < 4.78 is 0. The van der Waals surface area contributed by atoms with Crippen LogP contribution in [0.25, 0.3) is 10.7 Å². The average Bonchev–Trinajstić information content (AvgIpc) is 2.88. The third-order valence-corrected chi connectivity index (χ3v) is 3.78. The topological polar surface area (TPSA) is 58.0 Å². The van der Waals surface area contributed by atoms with Crippen LogP contribution < -0.4 is 5.32 Å². The van der Waals surface area contributed by atoms with E-state index in [9.17, 15) is 5.11 Å². The Hall–Kier alpha value is -1.30. The van der Waals surface area contributed by atoms with Crippen LogP contribution in [0.3, 0.4) is 0 Å². The highest BCUT2D eigenvalue weighted by molar-refractivity contribution is 7.13. The summed E-state index contributed by atoms with van der Waals surface area (Å²) in [5, 5.41) is 16.0. The number of thiazole rings is 1. The van der Waals surface area contributed by atoms with Crippen LogP contribution in [0, 0.1) is 5.92 Å².